The number of amides is 1. The number of H-pyrrole nitrogens is 1. The zero-order valence-electron chi connectivity index (χ0n) is 16.7. The Morgan fingerprint density at radius 1 is 1.19 bits per heavy atom. The van der Waals surface area contributed by atoms with Crippen LogP contribution in [0.1, 0.15) is 20.8 Å². The molecule has 7 nitrogen and oxygen atoms in total. The van der Waals surface area contributed by atoms with E-state index in [1.165, 1.54) is 25.3 Å². The van der Waals surface area contributed by atoms with Crippen molar-refractivity contribution in [2.75, 3.05) is 12.4 Å². The summed E-state index contributed by atoms with van der Waals surface area (Å²) < 4.78 is 19.7. The van der Waals surface area contributed by atoms with Gasteiger partial charge in [0.05, 0.1) is 29.6 Å². The number of anilines is 1. The molecular formula is C22H18FN3O4S. The number of hydrogen-bond acceptors (Lipinski definition) is 5. The van der Waals surface area contributed by atoms with Gasteiger partial charge in [-0.05, 0) is 42.3 Å². The molecule has 0 fully saturated rings. The second-order valence-electron chi connectivity index (χ2n) is 6.87. The van der Waals surface area contributed by atoms with Crippen LogP contribution in [0.2, 0.25) is 0 Å². The number of rotatable bonds is 5. The van der Waals surface area contributed by atoms with Gasteiger partial charge in [0, 0.05) is 0 Å². The molecule has 0 aliphatic carbocycles. The number of aryl methyl sites for hydroxylation is 1. The van der Waals surface area contributed by atoms with Crippen LogP contribution in [0, 0.1) is 12.7 Å². The number of benzene rings is 2. The quantitative estimate of drug-likeness (QED) is 0.498. The molecule has 0 atom stereocenters. The molecule has 0 aliphatic heterocycles. The summed E-state index contributed by atoms with van der Waals surface area (Å²) in [7, 11) is 1.50. The number of methoxy groups -OCH3 is 1. The molecule has 31 heavy (non-hydrogen) atoms. The predicted molar refractivity (Wildman–Crippen MR) is 118 cm³/mol. The maximum absolute atomic E-state index is 13.5. The summed E-state index contributed by atoms with van der Waals surface area (Å²) in [5.74, 6) is -0.370. The first-order chi connectivity index (χ1) is 14.9. The van der Waals surface area contributed by atoms with E-state index >= 15 is 0 Å². The zero-order chi connectivity index (χ0) is 22.1. The summed E-state index contributed by atoms with van der Waals surface area (Å²) >= 11 is 1.03. The minimum absolute atomic E-state index is 0.0834. The second-order valence-corrected chi connectivity index (χ2v) is 7.89. The average molecular weight is 439 g/mol. The van der Waals surface area contributed by atoms with Gasteiger partial charge in [0.25, 0.3) is 11.5 Å². The first-order valence-electron chi connectivity index (χ1n) is 9.34. The number of aromatic amines is 1. The number of thiophene rings is 1. The highest BCUT2D eigenvalue weighted by atomic mass is 32.1. The molecule has 158 valence electrons. The van der Waals surface area contributed by atoms with Crippen molar-refractivity contribution in [2.24, 2.45) is 0 Å². The Balaban J connectivity index is 1.75. The van der Waals surface area contributed by atoms with Gasteiger partial charge in [0.2, 0.25) is 0 Å². The van der Waals surface area contributed by atoms with Crippen LogP contribution in [0.3, 0.4) is 0 Å². The van der Waals surface area contributed by atoms with Crippen molar-refractivity contribution < 1.29 is 13.9 Å². The predicted octanol–water partition coefficient (Wildman–Crippen LogP) is 3.51. The Morgan fingerprint density at radius 3 is 2.71 bits per heavy atom. The van der Waals surface area contributed by atoms with Crippen LogP contribution in [0.25, 0.3) is 10.2 Å². The molecule has 4 aromatic rings. The fraction of sp³-hybridized carbons (Fsp3) is 0.136. The van der Waals surface area contributed by atoms with Crippen LogP contribution in [-0.4, -0.2) is 22.6 Å². The normalized spacial score (nSPS) is 10.9. The number of nitrogens with one attached hydrogen (secondary N) is 2. The fourth-order valence-corrected chi connectivity index (χ4v) is 4.44. The molecule has 0 saturated heterocycles. The van der Waals surface area contributed by atoms with Crippen molar-refractivity contribution in [1.29, 1.82) is 0 Å². The van der Waals surface area contributed by atoms with Crippen molar-refractivity contribution in [3.63, 3.8) is 0 Å². The van der Waals surface area contributed by atoms with Gasteiger partial charge in [-0.1, -0.05) is 24.3 Å². The molecule has 4 rings (SSSR count). The lowest BCUT2D eigenvalue weighted by atomic mass is 10.2. The molecule has 0 saturated carbocycles. The number of hydrogen-bond donors (Lipinski definition) is 2. The number of para-hydroxylation sites is 2. The van der Waals surface area contributed by atoms with E-state index in [0.29, 0.717) is 32.3 Å². The van der Waals surface area contributed by atoms with Gasteiger partial charge in [-0.15, -0.1) is 11.3 Å². The second kappa shape index (κ2) is 8.19. The fourth-order valence-electron chi connectivity index (χ4n) is 3.36. The summed E-state index contributed by atoms with van der Waals surface area (Å²) in [5, 5.41) is 3.03. The van der Waals surface area contributed by atoms with Gasteiger partial charge in [-0.3, -0.25) is 19.1 Å². The van der Waals surface area contributed by atoms with Gasteiger partial charge in [-0.2, -0.15) is 0 Å². The first kappa shape index (κ1) is 20.5. The number of carbonyl (C=O) groups is 1. The number of fused-ring (bicyclic) bond motifs is 1. The zero-order valence-corrected chi connectivity index (χ0v) is 17.5. The molecule has 0 radical (unpaired) electrons. The monoisotopic (exact) mass is 439 g/mol. The van der Waals surface area contributed by atoms with Gasteiger partial charge in [0.1, 0.15) is 16.4 Å². The topological polar surface area (TPSA) is 93.2 Å². The van der Waals surface area contributed by atoms with Crippen LogP contribution in [0.15, 0.2) is 58.1 Å². The Morgan fingerprint density at radius 2 is 1.97 bits per heavy atom. The van der Waals surface area contributed by atoms with Gasteiger partial charge >= 0.3 is 5.69 Å². The van der Waals surface area contributed by atoms with E-state index in [0.717, 1.165) is 15.9 Å². The molecule has 2 N–H and O–H groups in total. The molecule has 1 amide bonds. The summed E-state index contributed by atoms with van der Waals surface area (Å²) in [4.78, 5) is 41.7. The standard InChI is InChI=1S/C22H18FN3O4S/c1-12-17-20(31-18(12)19(27)24-15-8-3-4-9-16(15)30-2)25-22(29)26(21(17)28)11-13-6-5-7-14(23)10-13/h3-10H,11H2,1-2H3,(H,24,27)(H,25,29). The van der Waals surface area contributed by atoms with E-state index in [9.17, 15) is 18.8 Å². The van der Waals surface area contributed by atoms with E-state index in [-0.39, 0.29) is 11.9 Å². The maximum Gasteiger partial charge on any atom is 0.329 e. The highest BCUT2D eigenvalue weighted by molar-refractivity contribution is 7.20. The third-order valence-corrected chi connectivity index (χ3v) is 6.07. The maximum atomic E-state index is 13.5. The Labute approximate surface area is 179 Å². The van der Waals surface area contributed by atoms with Gasteiger partial charge in [0.15, 0.2) is 0 Å². The smallest absolute Gasteiger partial charge is 0.329 e. The molecule has 0 spiro atoms. The largest absolute Gasteiger partial charge is 0.495 e. The van der Waals surface area contributed by atoms with E-state index in [4.69, 9.17) is 4.74 Å². The van der Waals surface area contributed by atoms with Gasteiger partial charge in [-0.25, -0.2) is 9.18 Å². The van der Waals surface area contributed by atoms with Crippen LogP contribution in [-0.2, 0) is 6.54 Å². The number of ether oxygens (including phenoxy) is 1. The number of carbonyl (C=O) groups excluding carboxylic acids is 1. The van der Waals surface area contributed by atoms with Crippen molar-refractivity contribution in [3.8, 4) is 5.75 Å². The minimum atomic E-state index is -0.625. The number of nitrogens with zero attached hydrogens (tertiary/aromatic N) is 1. The summed E-state index contributed by atoms with van der Waals surface area (Å²) in [5.41, 5.74) is 0.271. The molecule has 2 aromatic heterocycles. The Kier molecular flexibility index (Phi) is 5.43. The molecular weight excluding hydrogens is 421 g/mol. The van der Waals surface area contributed by atoms with Crippen LogP contribution >= 0.6 is 11.3 Å². The first-order valence-corrected chi connectivity index (χ1v) is 10.2. The summed E-state index contributed by atoms with van der Waals surface area (Å²) in [6, 6.07) is 12.7. The SMILES string of the molecule is COc1ccccc1NC(=O)c1sc2[nH]c(=O)n(Cc3cccc(F)c3)c(=O)c2c1C. The lowest BCUT2D eigenvalue weighted by Crippen LogP contribution is -2.35. The molecule has 0 unspecified atom stereocenters. The Bertz CT molecular complexity index is 1420. The van der Waals surface area contributed by atoms with Crippen molar-refractivity contribution in [3.05, 3.63) is 91.2 Å². The average Bonchev–Trinajstić information content (AvgIpc) is 3.07. The van der Waals surface area contributed by atoms with E-state index in [2.05, 4.69) is 10.3 Å². The lowest BCUT2D eigenvalue weighted by molar-refractivity contribution is 0.102. The third kappa shape index (κ3) is 3.87. The van der Waals surface area contributed by atoms with E-state index < -0.39 is 23.0 Å². The minimum Gasteiger partial charge on any atom is -0.495 e. The van der Waals surface area contributed by atoms with Crippen molar-refractivity contribution in [1.82, 2.24) is 9.55 Å². The number of aromatic nitrogens is 2. The van der Waals surface area contributed by atoms with Gasteiger partial charge < -0.3 is 10.1 Å². The van der Waals surface area contributed by atoms with E-state index in [1.807, 2.05) is 0 Å². The molecule has 0 bridgehead atoms. The third-order valence-electron chi connectivity index (χ3n) is 4.86. The summed E-state index contributed by atoms with van der Waals surface area (Å²) in [6.45, 7) is 1.57. The Hall–Kier alpha value is -3.72. The molecule has 0 aliphatic rings. The van der Waals surface area contributed by atoms with Crippen molar-refractivity contribution >= 4 is 33.1 Å². The lowest BCUT2D eigenvalue weighted by Gasteiger charge is -2.09. The summed E-state index contributed by atoms with van der Waals surface area (Å²) in [6.07, 6.45) is 0. The van der Waals surface area contributed by atoms with Crippen LogP contribution in [0.5, 0.6) is 5.75 Å². The highest BCUT2D eigenvalue weighted by Gasteiger charge is 2.21. The number of halogens is 1. The van der Waals surface area contributed by atoms with Crippen LogP contribution < -0.4 is 21.3 Å². The van der Waals surface area contributed by atoms with Crippen molar-refractivity contribution in [2.45, 2.75) is 13.5 Å². The highest BCUT2D eigenvalue weighted by Crippen LogP contribution is 2.29. The van der Waals surface area contributed by atoms with E-state index in [1.54, 1.807) is 37.3 Å². The molecule has 2 aromatic carbocycles. The molecule has 9 heteroatoms. The molecule has 2 heterocycles. The van der Waals surface area contributed by atoms with Crippen LogP contribution in [0.4, 0.5) is 10.1 Å².